The van der Waals surface area contributed by atoms with Crippen molar-refractivity contribution in [3.05, 3.63) is 24.0 Å². The molecular weight excluding hydrogens is 259 g/mol. The number of hydrogen-bond donors (Lipinski definition) is 1. The minimum Gasteiger partial charge on any atom is -0.465 e. The Kier molecular flexibility index (Phi) is 4.38. The molecule has 0 spiro atoms. The molecule has 4 nitrogen and oxygen atoms in total. The molecule has 0 atom stereocenters. The van der Waals surface area contributed by atoms with Gasteiger partial charge < -0.3 is 19.7 Å². The molecule has 0 amide bonds. The van der Waals surface area contributed by atoms with Crippen LogP contribution in [0.4, 0.5) is 10.1 Å². The van der Waals surface area contributed by atoms with Crippen LogP contribution in [0.25, 0.3) is 0 Å². The highest BCUT2D eigenvalue weighted by atomic mass is 19.1. The van der Waals surface area contributed by atoms with E-state index in [2.05, 4.69) is 10.2 Å². The van der Waals surface area contributed by atoms with Crippen LogP contribution < -0.4 is 15.0 Å². The minimum atomic E-state index is -0.232. The molecule has 20 heavy (non-hydrogen) atoms. The number of rotatable bonds is 6. The zero-order valence-electron chi connectivity index (χ0n) is 11.6. The molecule has 1 heterocycles. The number of nitrogens with zero attached hydrogens (tertiary/aromatic N) is 1. The van der Waals surface area contributed by atoms with Crippen LogP contribution in [-0.4, -0.2) is 39.6 Å². The third-order valence-corrected chi connectivity index (χ3v) is 3.73. The number of hydrogen-bond acceptors (Lipinski definition) is 4. The van der Waals surface area contributed by atoms with Crippen LogP contribution in [0.15, 0.2) is 18.2 Å². The molecule has 2 aliphatic rings. The fraction of sp³-hybridized carbons (Fsp3) is 0.600. The lowest BCUT2D eigenvalue weighted by molar-refractivity contribution is 0.0102. The van der Waals surface area contributed by atoms with Crippen molar-refractivity contribution in [2.24, 2.45) is 5.92 Å². The van der Waals surface area contributed by atoms with E-state index < -0.39 is 0 Å². The fourth-order valence-corrected chi connectivity index (χ4v) is 2.37. The molecule has 1 aliphatic heterocycles. The van der Waals surface area contributed by atoms with Crippen LogP contribution in [0.3, 0.4) is 0 Å². The van der Waals surface area contributed by atoms with Crippen molar-refractivity contribution in [2.45, 2.75) is 12.8 Å². The SMILES string of the molecule is Fc1ccc(OCOCC2CC2)c(N2CCNCC2)c1. The molecule has 3 rings (SSSR count). The van der Waals surface area contributed by atoms with Crippen molar-refractivity contribution in [3.8, 4) is 5.75 Å². The van der Waals surface area contributed by atoms with E-state index in [-0.39, 0.29) is 12.6 Å². The Morgan fingerprint density at radius 2 is 2.05 bits per heavy atom. The van der Waals surface area contributed by atoms with Crippen LogP contribution in [0.1, 0.15) is 12.8 Å². The van der Waals surface area contributed by atoms with Gasteiger partial charge in [0.15, 0.2) is 6.79 Å². The first-order valence-electron chi connectivity index (χ1n) is 7.29. The largest absolute Gasteiger partial charge is 0.465 e. The van der Waals surface area contributed by atoms with Crippen molar-refractivity contribution < 1.29 is 13.9 Å². The predicted molar refractivity (Wildman–Crippen MR) is 75.7 cm³/mol. The Bertz CT molecular complexity index is 445. The molecule has 1 aliphatic carbocycles. The molecule has 1 N–H and O–H groups in total. The van der Waals surface area contributed by atoms with E-state index in [0.717, 1.165) is 44.4 Å². The summed E-state index contributed by atoms with van der Waals surface area (Å²) in [7, 11) is 0. The van der Waals surface area contributed by atoms with E-state index >= 15 is 0 Å². The second kappa shape index (κ2) is 6.41. The Labute approximate surface area is 118 Å². The molecule has 1 aromatic rings. The minimum absolute atomic E-state index is 0.232. The van der Waals surface area contributed by atoms with E-state index in [0.29, 0.717) is 5.75 Å². The zero-order valence-corrected chi connectivity index (χ0v) is 11.6. The number of ether oxygens (including phenoxy) is 2. The average Bonchev–Trinajstić information content (AvgIpc) is 3.30. The standard InChI is InChI=1S/C15H21FN2O2/c16-13-3-4-15(20-11-19-10-12-1-2-12)14(9-13)18-7-5-17-6-8-18/h3-4,9,12,17H,1-2,5-8,10-11H2. The second-order valence-electron chi connectivity index (χ2n) is 5.43. The number of piperazine rings is 1. The normalized spacial score (nSPS) is 19.1. The lowest BCUT2D eigenvalue weighted by Crippen LogP contribution is -2.43. The maximum absolute atomic E-state index is 13.5. The molecule has 1 saturated heterocycles. The van der Waals surface area contributed by atoms with Crippen molar-refractivity contribution in [1.82, 2.24) is 5.32 Å². The van der Waals surface area contributed by atoms with Crippen LogP contribution in [0, 0.1) is 11.7 Å². The van der Waals surface area contributed by atoms with Gasteiger partial charge in [-0.1, -0.05) is 0 Å². The van der Waals surface area contributed by atoms with Gasteiger partial charge in [-0.25, -0.2) is 4.39 Å². The Morgan fingerprint density at radius 3 is 2.80 bits per heavy atom. The van der Waals surface area contributed by atoms with E-state index in [1.165, 1.54) is 18.9 Å². The van der Waals surface area contributed by atoms with Crippen molar-refractivity contribution in [1.29, 1.82) is 0 Å². The molecule has 0 radical (unpaired) electrons. The van der Waals surface area contributed by atoms with Gasteiger partial charge in [0.25, 0.3) is 0 Å². The molecule has 0 aromatic heterocycles. The fourth-order valence-electron chi connectivity index (χ4n) is 2.37. The number of nitrogens with one attached hydrogen (secondary N) is 1. The van der Waals surface area contributed by atoms with E-state index in [4.69, 9.17) is 9.47 Å². The second-order valence-corrected chi connectivity index (χ2v) is 5.43. The smallest absolute Gasteiger partial charge is 0.189 e. The maximum Gasteiger partial charge on any atom is 0.189 e. The van der Waals surface area contributed by atoms with Gasteiger partial charge in [0.05, 0.1) is 12.3 Å². The van der Waals surface area contributed by atoms with Gasteiger partial charge in [-0.15, -0.1) is 0 Å². The van der Waals surface area contributed by atoms with E-state index in [9.17, 15) is 4.39 Å². The first-order chi connectivity index (χ1) is 9.83. The summed E-state index contributed by atoms with van der Waals surface area (Å²) in [5.74, 6) is 1.19. The highest BCUT2D eigenvalue weighted by Gasteiger charge is 2.21. The molecule has 2 fully saturated rings. The van der Waals surface area contributed by atoms with Crippen LogP contribution in [0.5, 0.6) is 5.75 Å². The van der Waals surface area contributed by atoms with E-state index in [1.54, 1.807) is 12.1 Å². The van der Waals surface area contributed by atoms with Crippen molar-refractivity contribution in [2.75, 3.05) is 44.5 Å². The summed E-state index contributed by atoms with van der Waals surface area (Å²) in [6.45, 7) is 4.55. The number of anilines is 1. The maximum atomic E-state index is 13.5. The first-order valence-corrected chi connectivity index (χ1v) is 7.29. The lowest BCUT2D eigenvalue weighted by atomic mass is 10.2. The number of benzene rings is 1. The molecule has 1 aromatic carbocycles. The van der Waals surface area contributed by atoms with E-state index in [1.807, 2.05) is 0 Å². The summed E-state index contributed by atoms with van der Waals surface area (Å²) < 4.78 is 24.6. The van der Waals surface area contributed by atoms with Gasteiger partial charge in [-0.05, 0) is 30.9 Å². The topological polar surface area (TPSA) is 33.7 Å². The third kappa shape index (κ3) is 3.61. The summed E-state index contributed by atoms with van der Waals surface area (Å²) in [5.41, 5.74) is 0.821. The van der Waals surface area contributed by atoms with Crippen LogP contribution in [-0.2, 0) is 4.74 Å². The van der Waals surface area contributed by atoms with Crippen molar-refractivity contribution in [3.63, 3.8) is 0 Å². The third-order valence-electron chi connectivity index (χ3n) is 3.73. The first kappa shape index (κ1) is 13.6. The van der Waals surface area contributed by atoms with Crippen LogP contribution >= 0.6 is 0 Å². The summed E-state index contributed by atoms with van der Waals surface area (Å²) in [4.78, 5) is 2.15. The quantitative estimate of drug-likeness (QED) is 0.638. The predicted octanol–water partition coefficient (Wildman–Crippen LogP) is 2.00. The lowest BCUT2D eigenvalue weighted by Gasteiger charge is -2.30. The highest BCUT2D eigenvalue weighted by Crippen LogP contribution is 2.31. The van der Waals surface area contributed by atoms with Gasteiger partial charge in [0.2, 0.25) is 0 Å². The summed E-state index contributed by atoms with van der Waals surface area (Å²) in [5, 5.41) is 3.29. The van der Waals surface area contributed by atoms with Gasteiger partial charge in [-0.2, -0.15) is 0 Å². The summed E-state index contributed by atoms with van der Waals surface area (Å²) in [6.07, 6.45) is 2.53. The molecule has 110 valence electrons. The molecule has 5 heteroatoms. The Morgan fingerprint density at radius 1 is 1.25 bits per heavy atom. The molecule has 0 unspecified atom stereocenters. The van der Waals surface area contributed by atoms with Gasteiger partial charge in [0.1, 0.15) is 11.6 Å². The van der Waals surface area contributed by atoms with Gasteiger partial charge in [0, 0.05) is 32.2 Å². The summed E-state index contributed by atoms with van der Waals surface area (Å²) >= 11 is 0. The molecule has 1 saturated carbocycles. The number of halogens is 1. The van der Waals surface area contributed by atoms with Crippen molar-refractivity contribution >= 4 is 5.69 Å². The Hall–Kier alpha value is -1.33. The Balaban J connectivity index is 1.61. The molecular formula is C15H21FN2O2. The van der Waals surface area contributed by atoms with Gasteiger partial charge >= 0.3 is 0 Å². The van der Waals surface area contributed by atoms with Gasteiger partial charge in [-0.3, -0.25) is 0 Å². The zero-order chi connectivity index (χ0) is 13.8. The monoisotopic (exact) mass is 280 g/mol. The van der Waals surface area contributed by atoms with Crippen LogP contribution in [0.2, 0.25) is 0 Å². The molecule has 0 bridgehead atoms. The average molecular weight is 280 g/mol. The highest BCUT2D eigenvalue weighted by molar-refractivity contribution is 5.59. The summed E-state index contributed by atoms with van der Waals surface area (Å²) in [6, 6.07) is 4.66.